The van der Waals surface area contributed by atoms with E-state index >= 15 is 0 Å². The SMILES string of the molecule is COc1cccc(S(=O)(=O)N[C@H]2CCC[C@H](OC(=O)Nc3ccc(F)cc3)C2)c1. The molecule has 0 radical (unpaired) electrons. The molecule has 0 spiro atoms. The molecule has 2 aromatic rings. The third-order valence-electron chi connectivity index (χ3n) is 4.66. The average molecular weight is 422 g/mol. The standard InChI is InChI=1S/C20H23FN2O5S/c1-27-17-5-3-7-19(13-17)29(25,26)23-16-4-2-6-18(12-16)28-20(24)22-15-10-8-14(21)9-11-15/h3,5,7-11,13,16,18,23H,2,4,6,12H2,1H3,(H,22,24)/t16-,18-/m0/s1. The normalized spacial score (nSPS) is 19.4. The van der Waals surface area contributed by atoms with Crippen molar-refractivity contribution >= 4 is 21.8 Å². The fraction of sp³-hybridized carbons (Fsp3) is 0.350. The van der Waals surface area contributed by atoms with Gasteiger partial charge < -0.3 is 9.47 Å². The van der Waals surface area contributed by atoms with Gasteiger partial charge in [0, 0.05) is 24.2 Å². The third-order valence-corrected chi connectivity index (χ3v) is 6.18. The average Bonchev–Trinajstić information content (AvgIpc) is 2.69. The Morgan fingerprint density at radius 1 is 1.14 bits per heavy atom. The van der Waals surface area contributed by atoms with Crippen molar-refractivity contribution in [3.8, 4) is 5.75 Å². The number of ether oxygens (including phenoxy) is 2. The maximum absolute atomic E-state index is 12.9. The first-order valence-corrected chi connectivity index (χ1v) is 10.7. The van der Waals surface area contributed by atoms with Crippen molar-refractivity contribution in [3.63, 3.8) is 0 Å². The molecule has 0 saturated heterocycles. The highest BCUT2D eigenvalue weighted by Crippen LogP contribution is 2.24. The zero-order valence-corrected chi connectivity index (χ0v) is 16.7. The number of methoxy groups -OCH3 is 1. The van der Waals surface area contributed by atoms with Gasteiger partial charge in [-0.1, -0.05) is 6.07 Å². The number of benzene rings is 2. The second-order valence-electron chi connectivity index (χ2n) is 6.82. The van der Waals surface area contributed by atoms with Crippen LogP contribution in [0.2, 0.25) is 0 Å². The molecule has 0 heterocycles. The van der Waals surface area contributed by atoms with Crippen LogP contribution < -0.4 is 14.8 Å². The summed E-state index contributed by atoms with van der Waals surface area (Å²) < 4.78 is 51.4. The van der Waals surface area contributed by atoms with Gasteiger partial charge in [0.1, 0.15) is 17.7 Å². The predicted molar refractivity (Wildman–Crippen MR) is 106 cm³/mol. The Hall–Kier alpha value is -2.65. The first kappa shape index (κ1) is 21.1. The lowest BCUT2D eigenvalue weighted by atomic mass is 9.94. The van der Waals surface area contributed by atoms with Crippen molar-refractivity contribution in [3.05, 3.63) is 54.3 Å². The number of halogens is 1. The first-order chi connectivity index (χ1) is 13.9. The summed E-state index contributed by atoms with van der Waals surface area (Å²) in [6.45, 7) is 0. The minimum Gasteiger partial charge on any atom is -0.497 e. The highest BCUT2D eigenvalue weighted by molar-refractivity contribution is 7.89. The van der Waals surface area contributed by atoms with Crippen molar-refractivity contribution in [2.24, 2.45) is 0 Å². The van der Waals surface area contributed by atoms with Gasteiger partial charge in [0.2, 0.25) is 10.0 Å². The molecule has 1 aliphatic rings. The zero-order chi connectivity index (χ0) is 20.9. The number of anilines is 1. The van der Waals surface area contributed by atoms with E-state index in [1.54, 1.807) is 12.1 Å². The van der Waals surface area contributed by atoms with E-state index < -0.39 is 28.0 Å². The lowest BCUT2D eigenvalue weighted by Gasteiger charge is -2.29. The third kappa shape index (κ3) is 5.91. The van der Waals surface area contributed by atoms with Crippen LogP contribution in [0, 0.1) is 5.82 Å². The van der Waals surface area contributed by atoms with Crippen LogP contribution in [0.25, 0.3) is 0 Å². The topological polar surface area (TPSA) is 93.7 Å². The van der Waals surface area contributed by atoms with E-state index in [1.165, 1.54) is 43.5 Å². The van der Waals surface area contributed by atoms with E-state index in [0.29, 0.717) is 30.7 Å². The van der Waals surface area contributed by atoms with Crippen LogP contribution in [-0.4, -0.2) is 33.8 Å². The number of amides is 1. The molecule has 0 unspecified atom stereocenters. The summed E-state index contributed by atoms with van der Waals surface area (Å²) in [5, 5.41) is 2.54. The summed E-state index contributed by atoms with van der Waals surface area (Å²) >= 11 is 0. The van der Waals surface area contributed by atoms with Gasteiger partial charge >= 0.3 is 6.09 Å². The monoisotopic (exact) mass is 422 g/mol. The molecule has 0 bridgehead atoms. The van der Waals surface area contributed by atoms with Crippen molar-refractivity contribution in [1.82, 2.24) is 4.72 Å². The van der Waals surface area contributed by atoms with E-state index in [1.807, 2.05) is 0 Å². The molecule has 1 amide bonds. The van der Waals surface area contributed by atoms with Crippen LogP contribution >= 0.6 is 0 Å². The minimum atomic E-state index is -3.72. The van der Waals surface area contributed by atoms with E-state index in [9.17, 15) is 17.6 Å². The molecule has 9 heteroatoms. The maximum Gasteiger partial charge on any atom is 0.411 e. The molecular weight excluding hydrogens is 399 g/mol. The molecule has 156 valence electrons. The van der Waals surface area contributed by atoms with Crippen molar-refractivity contribution < 1.29 is 27.1 Å². The van der Waals surface area contributed by atoms with Crippen molar-refractivity contribution in [2.75, 3.05) is 12.4 Å². The van der Waals surface area contributed by atoms with Gasteiger partial charge in [-0.2, -0.15) is 0 Å². The molecule has 2 aromatic carbocycles. The number of hydrogen-bond donors (Lipinski definition) is 2. The van der Waals surface area contributed by atoms with Gasteiger partial charge in [-0.3, -0.25) is 5.32 Å². The Kier molecular flexibility index (Phi) is 6.71. The van der Waals surface area contributed by atoms with Gasteiger partial charge in [-0.05, 0) is 55.7 Å². The Balaban J connectivity index is 1.57. The molecule has 7 nitrogen and oxygen atoms in total. The Bertz CT molecular complexity index is 950. The fourth-order valence-electron chi connectivity index (χ4n) is 3.25. The molecule has 0 aliphatic heterocycles. The highest BCUT2D eigenvalue weighted by Gasteiger charge is 2.28. The lowest BCUT2D eigenvalue weighted by Crippen LogP contribution is -2.41. The molecule has 0 aromatic heterocycles. The second-order valence-corrected chi connectivity index (χ2v) is 8.54. The summed E-state index contributed by atoms with van der Waals surface area (Å²) in [4.78, 5) is 12.2. The maximum atomic E-state index is 12.9. The Morgan fingerprint density at radius 2 is 1.90 bits per heavy atom. The van der Waals surface area contributed by atoms with Crippen LogP contribution in [0.3, 0.4) is 0 Å². The summed E-state index contributed by atoms with van der Waals surface area (Å²) in [6, 6.07) is 11.2. The Morgan fingerprint density at radius 3 is 2.62 bits per heavy atom. The van der Waals surface area contributed by atoms with Crippen LogP contribution in [0.4, 0.5) is 14.9 Å². The Labute approximate surface area is 169 Å². The molecule has 1 aliphatic carbocycles. The summed E-state index contributed by atoms with van der Waals surface area (Å²) in [5.74, 6) is 0.0533. The van der Waals surface area contributed by atoms with E-state index in [2.05, 4.69) is 10.0 Å². The molecule has 1 fully saturated rings. The van der Waals surface area contributed by atoms with Crippen LogP contribution in [0.15, 0.2) is 53.4 Å². The van der Waals surface area contributed by atoms with Crippen LogP contribution in [0.5, 0.6) is 5.75 Å². The van der Waals surface area contributed by atoms with Crippen molar-refractivity contribution in [1.29, 1.82) is 0 Å². The quantitative estimate of drug-likeness (QED) is 0.741. The number of carbonyl (C=O) groups is 1. The highest BCUT2D eigenvalue weighted by atomic mass is 32.2. The van der Waals surface area contributed by atoms with Gasteiger partial charge in [-0.15, -0.1) is 0 Å². The van der Waals surface area contributed by atoms with Gasteiger partial charge in [0.15, 0.2) is 0 Å². The number of hydrogen-bond acceptors (Lipinski definition) is 5. The number of sulfonamides is 1. The summed E-state index contributed by atoms with van der Waals surface area (Å²) in [7, 11) is -2.25. The van der Waals surface area contributed by atoms with E-state index in [4.69, 9.17) is 9.47 Å². The van der Waals surface area contributed by atoms with Crippen LogP contribution in [-0.2, 0) is 14.8 Å². The molecule has 1 saturated carbocycles. The van der Waals surface area contributed by atoms with E-state index in [-0.39, 0.29) is 10.9 Å². The molecule has 3 rings (SSSR count). The fourth-order valence-corrected chi connectivity index (χ4v) is 4.56. The van der Waals surface area contributed by atoms with Crippen molar-refractivity contribution in [2.45, 2.75) is 42.7 Å². The first-order valence-electron chi connectivity index (χ1n) is 9.25. The summed E-state index contributed by atoms with van der Waals surface area (Å²) in [6.07, 6.45) is 1.33. The summed E-state index contributed by atoms with van der Waals surface area (Å²) in [5.41, 5.74) is 0.419. The smallest absolute Gasteiger partial charge is 0.411 e. The molecular formula is C20H23FN2O5S. The number of carbonyl (C=O) groups excluding carboxylic acids is 1. The predicted octanol–water partition coefficient (Wildman–Crippen LogP) is 3.67. The lowest BCUT2D eigenvalue weighted by molar-refractivity contribution is 0.0793. The molecule has 29 heavy (non-hydrogen) atoms. The molecule has 2 atom stereocenters. The second kappa shape index (κ2) is 9.23. The largest absolute Gasteiger partial charge is 0.497 e. The number of rotatable bonds is 6. The minimum absolute atomic E-state index is 0.119. The van der Waals surface area contributed by atoms with Crippen LogP contribution in [0.1, 0.15) is 25.7 Å². The van der Waals surface area contributed by atoms with Gasteiger partial charge in [0.05, 0.1) is 12.0 Å². The van der Waals surface area contributed by atoms with Gasteiger partial charge in [-0.25, -0.2) is 22.3 Å². The molecule has 2 N–H and O–H groups in total. The van der Waals surface area contributed by atoms with Gasteiger partial charge in [0.25, 0.3) is 0 Å². The zero-order valence-electron chi connectivity index (χ0n) is 15.9. The van der Waals surface area contributed by atoms with E-state index in [0.717, 1.165) is 6.42 Å². The number of nitrogens with one attached hydrogen (secondary N) is 2.